The second kappa shape index (κ2) is 11.3. The lowest BCUT2D eigenvalue weighted by molar-refractivity contribution is 0.281. The summed E-state index contributed by atoms with van der Waals surface area (Å²) in [6.45, 7) is 1.96. The van der Waals surface area contributed by atoms with Crippen molar-refractivity contribution in [3.05, 3.63) is 72.7 Å². The smallest absolute Gasteiger partial charge is 0.193 e. The van der Waals surface area contributed by atoms with Crippen LogP contribution in [0.2, 0.25) is 0 Å². The van der Waals surface area contributed by atoms with E-state index in [1.54, 1.807) is 24.1 Å². The number of ether oxygens (including phenoxy) is 1. The topological polar surface area (TPSA) is 67.6 Å². The second-order valence-electron chi connectivity index (χ2n) is 5.96. The van der Waals surface area contributed by atoms with E-state index in [1.807, 2.05) is 66.7 Å². The summed E-state index contributed by atoms with van der Waals surface area (Å²) in [4.78, 5) is 10.7. The summed E-state index contributed by atoms with van der Waals surface area (Å²) >= 11 is 0. The van der Waals surface area contributed by atoms with Crippen LogP contribution in [0.15, 0.2) is 72.1 Å². The molecule has 0 fully saturated rings. The number of aromatic nitrogens is 3. The number of nitrogens with one attached hydrogen (secondary N) is 1. The van der Waals surface area contributed by atoms with Crippen LogP contribution in [0.25, 0.3) is 5.82 Å². The molecule has 3 aromatic rings. The van der Waals surface area contributed by atoms with E-state index in [9.17, 15) is 0 Å². The number of nitrogens with zero attached hydrogens (tertiary/aromatic N) is 5. The predicted octanol–water partition coefficient (Wildman–Crippen LogP) is 2.97. The molecule has 148 valence electrons. The second-order valence-corrected chi connectivity index (χ2v) is 5.96. The molecule has 1 aromatic carbocycles. The van der Waals surface area contributed by atoms with Crippen molar-refractivity contribution in [2.24, 2.45) is 4.99 Å². The maximum atomic E-state index is 5.75. The van der Waals surface area contributed by atoms with Crippen molar-refractivity contribution in [3.63, 3.8) is 0 Å². The molecule has 0 aliphatic rings. The van der Waals surface area contributed by atoms with Gasteiger partial charge in [0.2, 0.25) is 0 Å². The molecule has 0 saturated carbocycles. The van der Waals surface area contributed by atoms with Crippen LogP contribution in [0, 0.1) is 0 Å². The van der Waals surface area contributed by atoms with Crippen LogP contribution in [0.3, 0.4) is 0 Å². The van der Waals surface area contributed by atoms with Crippen LogP contribution in [-0.4, -0.2) is 52.9 Å². The fourth-order valence-electron chi connectivity index (χ4n) is 2.59. The molecule has 8 heteroatoms. The third-order valence-corrected chi connectivity index (χ3v) is 4.01. The number of benzene rings is 1. The number of halogens is 1. The highest BCUT2D eigenvalue weighted by Crippen LogP contribution is 2.08. The Balaban J connectivity index is 0.00000280. The van der Waals surface area contributed by atoms with Gasteiger partial charge < -0.3 is 15.0 Å². The van der Waals surface area contributed by atoms with Crippen molar-refractivity contribution in [1.29, 1.82) is 0 Å². The first-order chi connectivity index (χ1) is 13.3. The Kier molecular flexibility index (Phi) is 8.73. The predicted molar refractivity (Wildman–Crippen MR) is 122 cm³/mol. The molecule has 0 spiro atoms. The summed E-state index contributed by atoms with van der Waals surface area (Å²) in [6.07, 6.45) is 5.40. The summed E-state index contributed by atoms with van der Waals surface area (Å²) in [5.41, 5.74) is 1.10. The largest absolute Gasteiger partial charge is 0.492 e. The van der Waals surface area contributed by atoms with Crippen molar-refractivity contribution >= 4 is 29.9 Å². The van der Waals surface area contributed by atoms with Crippen molar-refractivity contribution in [1.82, 2.24) is 25.0 Å². The summed E-state index contributed by atoms with van der Waals surface area (Å²) in [5.74, 6) is 2.47. The number of hydrogen-bond acceptors (Lipinski definition) is 4. The van der Waals surface area contributed by atoms with Crippen molar-refractivity contribution in [3.8, 4) is 11.6 Å². The number of likely N-dealkylation sites (N-methyl/N-ethyl adjacent to an activating group) is 1. The molecule has 7 nitrogen and oxygen atoms in total. The van der Waals surface area contributed by atoms with E-state index in [1.165, 1.54) is 0 Å². The molecule has 0 radical (unpaired) electrons. The summed E-state index contributed by atoms with van der Waals surface area (Å²) in [6, 6.07) is 15.7. The lowest BCUT2D eigenvalue weighted by Gasteiger charge is -2.22. The third kappa shape index (κ3) is 6.22. The fourth-order valence-corrected chi connectivity index (χ4v) is 2.59. The SMILES string of the molecule is CN=C(NCc1ccnc(-n2cccn2)c1)N(C)CCOc1ccccc1.I. The molecular weight excluding hydrogens is 467 g/mol. The Hall–Kier alpha value is -2.62. The van der Waals surface area contributed by atoms with Gasteiger partial charge in [-0.25, -0.2) is 9.67 Å². The van der Waals surface area contributed by atoms with Gasteiger partial charge in [-0.15, -0.1) is 24.0 Å². The standard InChI is InChI=1S/C20H24N6O.HI/c1-21-20(25(2)13-14-27-18-7-4-3-5-8-18)23-16-17-9-11-22-19(15-17)26-12-6-10-24-26;/h3-12,15H,13-14,16H2,1-2H3,(H,21,23);1H. The molecule has 0 aliphatic carbocycles. The van der Waals surface area contributed by atoms with E-state index >= 15 is 0 Å². The Morgan fingerprint density at radius 3 is 2.71 bits per heavy atom. The Morgan fingerprint density at radius 2 is 2.00 bits per heavy atom. The number of rotatable bonds is 7. The van der Waals surface area contributed by atoms with Crippen LogP contribution in [0.1, 0.15) is 5.56 Å². The van der Waals surface area contributed by atoms with Crippen LogP contribution in [-0.2, 0) is 6.54 Å². The van der Waals surface area contributed by atoms with Crippen molar-refractivity contribution < 1.29 is 4.74 Å². The Bertz CT molecular complexity index is 854. The Labute approximate surface area is 182 Å². The number of aliphatic imine (C=N–C) groups is 1. The van der Waals surface area contributed by atoms with Crippen molar-refractivity contribution in [2.75, 3.05) is 27.2 Å². The molecule has 0 atom stereocenters. The molecule has 0 amide bonds. The summed E-state index contributed by atoms with van der Waals surface area (Å²) in [5, 5.41) is 7.58. The molecule has 28 heavy (non-hydrogen) atoms. The van der Waals surface area contributed by atoms with Gasteiger partial charge in [0, 0.05) is 39.2 Å². The molecule has 0 bridgehead atoms. The molecule has 0 unspecified atom stereocenters. The summed E-state index contributed by atoms with van der Waals surface area (Å²) in [7, 11) is 3.77. The molecule has 0 saturated heterocycles. The monoisotopic (exact) mass is 492 g/mol. The van der Waals surface area contributed by atoms with E-state index in [0.717, 1.165) is 29.6 Å². The fraction of sp³-hybridized carbons (Fsp3) is 0.250. The molecule has 3 rings (SSSR count). The number of hydrogen-bond donors (Lipinski definition) is 1. The van der Waals surface area contributed by atoms with Gasteiger partial charge in [-0.05, 0) is 35.9 Å². The minimum Gasteiger partial charge on any atom is -0.492 e. The van der Waals surface area contributed by atoms with E-state index in [0.29, 0.717) is 13.2 Å². The molecule has 2 aromatic heterocycles. The van der Waals surface area contributed by atoms with E-state index < -0.39 is 0 Å². The normalized spacial score (nSPS) is 10.9. The first-order valence-electron chi connectivity index (χ1n) is 8.81. The van der Waals surface area contributed by atoms with Gasteiger partial charge in [0.05, 0.1) is 6.54 Å². The maximum absolute atomic E-state index is 5.75. The zero-order valence-electron chi connectivity index (χ0n) is 16.0. The van der Waals surface area contributed by atoms with Crippen LogP contribution in [0.5, 0.6) is 5.75 Å². The van der Waals surface area contributed by atoms with Crippen LogP contribution < -0.4 is 10.1 Å². The molecule has 1 N–H and O–H groups in total. The molecule has 0 aliphatic heterocycles. The zero-order chi connectivity index (χ0) is 18.9. The van der Waals surface area contributed by atoms with Crippen LogP contribution >= 0.6 is 24.0 Å². The third-order valence-electron chi connectivity index (χ3n) is 4.01. The highest BCUT2D eigenvalue weighted by molar-refractivity contribution is 14.0. The van der Waals surface area contributed by atoms with Gasteiger partial charge in [0.1, 0.15) is 12.4 Å². The average molecular weight is 492 g/mol. The Morgan fingerprint density at radius 1 is 1.18 bits per heavy atom. The van der Waals surface area contributed by atoms with Crippen molar-refractivity contribution in [2.45, 2.75) is 6.54 Å². The van der Waals surface area contributed by atoms with E-state index in [2.05, 4.69) is 20.4 Å². The van der Waals surface area contributed by atoms with Gasteiger partial charge >= 0.3 is 0 Å². The maximum Gasteiger partial charge on any atom is 0.193 e. The highest BCUT2D eigenvalue weighted by Gasteiger charge is 2.07. The molecule has 2 heterocycles. The van der Waals surface area contributed by atoms with Gasteiger partial charge in [0.25, 0.3) is 0 Å². The van der Waals surface area contributed by atoms with Gasteiger partial charge in [-0.2, -0.15) is 5.10 Å². The summed E-state index contributed by atoms with van der Waals surface area (Å²) < 4.78 is 7.49. The quantitative estimate of drug-likeness (QED) is 0.312. The van der Waals surface area contributed by atoms with E-state index in [4.69, 9.17) is 4.74 Å². The minimum atomic E-state index is 0. The highest BCUT2D eigenvalue weighted by atomic mass is 127. The first-order valence-corrected chi connectivity index (χ1v) is 8.81. The zero-order valence-corrected chi connectivity index (χ0v) is 18.4. The van der Waals surface area contributed by atoms with Gasteiger partial charge in [0.15, 0.2) is 11.8 Å². The number of para-hydroxylation sites is 1. The van der Waals surface area contributed by atoms with E-state index in [-0.39, 0.29) is 24.0 Å². The number of guanidine groups is 1. The lowest BCUT2D eigenvalue weighted by Crippen LogP contribution is -2.40. The minimum absolute atomic E-state index is 0. The lowest BCUT2D eigenvalue weighted by atomic mass is 10.2. The van der Waals surface area contributed by atoms with Crippen LogP contribution in [0.4, 0.5) is 0 Å². The van der Waals surface area contributed by atoms with Gasteiger partial charge in [-0.3, -0.25) is 4.99 Å². The first kappa shape index (κ1) is 21.7. The molecular formula is C20H25IN6O. The van der Waals surface area contributed by atoms with Gasteiger partial charge in [-0.1, -0.05) is 18.2 Å². The number of pyridine rings is 1. The average Bonchev–Trinajstić information content (AvgIpc) is 3.24.